The van der Waals surface area contributed by atoms with Crippen LogP contribution >= 0.6 is 0 Å². The van der Waals surface area contributed by atoms with Crippen LogP contribution in [0.3, 0.4) is 0 Å². The Morgan fingerprint density at radius 2 is 1.90 bits per heavy atom. The van der Waals surface area contributed by atoms with Gasteiger partial charge in [-0.15, -0.1) is 0 Å². The molecule has 1 aromatic heterocycles. The highest BCUT2D eigenvalue weighted by molar-refractivity contribution is 5.94. The Kier molecular flexibility index (Phi) is 5.52. The second kappa shape index (κ2) is 8.41. The first-order valence-electron chi connectivity index (χ1n) is 9.91. The van der Waals surface area contributed by atoms with Crippen LogP contribution < -0.4 is 20.3 Å². The van der Waals surface area contributed by atoms with Gasteiger partial charge in [-0.25, -0.2) is 4.98 Å². The fraction of sp³-hybridized carbons (Fsp3) is 0.261. The van der Waals surface area contributed by atoms with E-state index in [-0.39, 0.29) is 17.9 Å². The normalized spacial score (nSPS) is 15.3. The van der Waals surface area contributed by atoms with Gasteiger partial charge < -0.3 is 19.8 Å². The van der Waals surface area contributed by atoms with E-state index in [1.54, 1.807) is 7.11 Å². The molecule has 2 N–H and O–H groups in total. The van der Waals surface area contributed by atoms with Gasteiger partial charge in [-0.3, -0.25) is 9.59 Å². The first kappa shape index (κ1) is 19.7. The number of aromatic nitrogens is 2. The van der Waals surface area contributed by atoms with Gasteiger partial charge in [0.2, 0.25) is 5.91 Å². The van der Waals surface area contributed by atoms with Gasteiger partial charge in [0.1, 0.15) is 11.6 Å². The molecule has 4 rings (SSSR count). The van der Waals surface area contributed by atoms with Gasteiger partial charge in [0, 0.05) is 17.9 Å². The molecular formula is C23H23N3O4. The molecule has 7 heteroatoms. The van der Waals surface area contributed by atoms with Crippen LogP contribution in [0, 0.1) is 0 Å². The molecule has 0 aliphatic carbocycles. The van der Waals surface area contributed by atoms with Gasteiger partial charge in [-0.05, 0) is 24.1 Å². The average Bonchev–Trinajstić information content (AvgIpc) is 2.77. The van der Waals surface area contributed by atoms with E-state index in [1.807, 2.05) is 55.5 Å². The van der Waals surface area contributed by atoms with Gasteiger partial charge in [0.15, 0.2) is 11.5 Å². The number of anilines is 1. The third-order valence-electron chi connectivity index (χ3n) is 5.05. The molecule has 0 saturated heterocycles. The highest BCUT2D eigenvalue weighted by Crippen LogP contribution is 2.38. The largest absolute Gasteiger partial charge is 0.493 e. The number of carbonyl (C=O) groups is 1. The molecule has 1 amide bonds. The van der Waals surface area contributed by atoms with Gasteiger partial charge >= 0.3 is 0 Å². The number of nitrogens with one attached hydrogen (secondary N) is 2. The van der Waals surface area contributed by atoms with Crippen LogP contribution in [0.1, 0.15) is 36.8 Å². The lowest BCUT2D eigenvalue weighted by molar-refractivity contribution is -0.116. The molecule has 154 valence electrons. The lowest BCUT2D eigenvalue weighted by Gasteiger charge is -2.25. The number of aromatic amines is 1. The molecular weight excluding hydrogens is 382 g/mol. The molecule has 30 heavy (non-hydrogen) atoms. The van der Waals surface area contributed by atoms with E-state index in [9.17, 15) is 9.59 Å². The Labute approximate surface area is 174 Å². The summed E-state index contributed by atoms with van der Waals surface area (Å²) in [7, 11) is 1.57. The number of methoxy groups -OCH3 is 1. The molecule has 0 spiro atoms. The summed E-state index contributed by atoms with van der Waals surface area (Å²) in [6, 6.07) is 14.8. The first-order valence-corrected chi connectivity index (χ1v) is 9.91. The predicted octanol–water partition coefficient (Wildman–Crippen LogP) is 3.71. The molecule has 3 aromatic rings. The maximum absolute atomic E-state index is 13.0. The zero-order chi connectivity index (χ0) is 21.1. The third-order valence-corrected chi connectivity index (χ3v) is 5.05. The fourth-order valence-electron chi connectivity index (χ4n) is 3.62. The second-order valence-corrected chi connectivity index (χ2v) is 7.11. The number of fused-ring (bicyclic) bond motifs is 1. The zero-order valence-corrected chi connectivity index (χ0v) is 16.9. The number of hydrogen-bond donors (Lipinski definition) is 2. The summed E-state index contributed by atoms with van der Waals surface area (Å²) in [5.41, 5.74) is 1.74. The van der Waals surface area contributed by atoms with Crippen molar-refractivity contribution < 1.29 is 14.3 Å². The highest BCUT2D eigenvalue weighted by atomic mass is 16.5. The van der Waals surface area contributed by atoms with Crippen molar-refractivity contribution >= 4 is 11.7 Å². The Hall–Kier alpha value is -3.61. The van der Waals surface area contributed by atoms with Crippen LogP contribution in [-0.2, 0) is 4.79 Å². The van der Waals surface area contributed by atoms with Gasteiger partial charge in [0.25, 0.3) is 5.56 Å². The SMILES string of the molecule is CCCOc1ccc([C@@H]2CC(=O)Nc3nc(-c4ccccc4)[nH]c(=O)c32)cc1OC. The number of nitrogens with zero attached hydrogens (tertiary/aromatic N) is 1. The molecule has 0 saturated carbocycles. The summed E-state index contributed by atoms with van der Waals surface area (Å²) in [6.45, 7) is 2.61. The molecule has 1 atom stereocenters. The van der Waals surface area contributed by atoms with Crippen LogP contribution in [0.4, 0.5) is 5.82 Å². The van der Waals surface area contributed by atoms with Crippen molar-refractivity contribution in [2.45, 2.75) is 25.7 Å². The van der Waals surface area contributed by atoms with E-state index >= 15 is 0 Å². The number of benzene rings is 2. The maximum Gasteiger partial charge on any atom is 0.257 e. The van der Waals surface area contributed by atoms with Crippen LogP contribution in [-0.4, -0.2) is 29.6 Å². The van der Waals surface area contributed by atoms with Gasteiger partial charge in [-0.1, -0.05) is 43.3 Å². The van der Waals surface area contributed by atoms with Crippen LogP contribution in [0.25, 0.3) is 11.4 Å². The molecule has 0 radical (unpaired) electrons. The van der Waals surface area contributed by atoms with E-state index < -0.39 is 5.92 Å². The minimum atomic E-state index is -0.427. The second-order valence-electron chi connectivity index (χ2n) is 7.11. The van der Waals surface area contributed by atoms with Crippen molar-refractivity contribution in [1.29, 1.82) is 0 Å². The van der Waals surface area contributed by atoms with Crippen LogP contribution in [0.15, 0.2) is 53.3 Å². The summed E-state index contributed by atoms with van der Waals surface area (Å²) >= 11 is 0. The Balaban J connectivity index is 1.77. The fourth-order valence-corrected chi connectivity index (χ4v) is 3.62. The van der Waals surface area contributed by atoms with Crippen molar-refractivity contribution in [2.24, 2.45) is 0 Å². The molecule has 7 nitrogen and oxygen atoms in total. The monoisotopic (exact) mass is 405 g/mol. The Morgan fingerprint density at radius 1 is 1.10 bits per heavy atom. The first-order chi connectivity index (χ1) is 14.6. The molecule has 2 heterocycles. The Morgan fingerprint density at radius 3 is 2.63 bits per heavy atom. The van der Waals surface area contributed by atoms with Crippen molar-refractivity contribution in [3.8, 4) is 22.9 Å². The summed E-state index contributed by atoms with van der Waals surface area (Å²) in [5, 5.41) is 2.75. The molecule has 2 aromatic carbocycles. The minimum Gasteiger partial charge on any atom is -0.493 e. The number of H-pyrrole nitrogens is 1. The van der Waals surface area contributed by atoms with Gasteiger partial charge in [-0.2, -0.15) is 0 Å². The van der Waals surface area contributed by atoms with Crippen molar-refractivity contribution in [3.63, 3.8) is 0 Å². The van der Waals surface area contributed by atoms with Crippen LogP contribution in [0.2, 0.25) is 0 Å². The molecule has 0 fully saturated rings. The summed E-state index contributed by atoms with van der Waals surface area (Å²) < 4.78 is 11.2. The number of ether oxygens (including phenoxy) is 2. The van der Waals surface area contributed by atoms with Crippen molar-refractivity contribution in [3.05, 3.63) is 70.0 Å². The minimum absolute atomic E-state index is 0.154. The third kappa shape index (κ3) is 3.78. The smallest absolute Gasteiger partial charge is 0.257 e. The van der Waals surface area contributed by atoms with E-state index in [4.69, 9.17) is 9.47 Å². The predicted molar refractivity (Wildman–Crippen MR) is 114 cm³/mol. The topological polar surface area (TPSA) is 93.3 Å². The van der Waals surface area contributed by atoms with Crippen molar-refractivity contribution in [1.82, 2.24) is 9.97 Å². The summed E-state index contributed by atoms with van der Waals surface area (Å²) in [5.74, 6) is 1.30. The lowest BCUT2D eigenvalue weighted by Crippen LogP contribution is -2.31. The highest BCUT2D eigenvalue weighted by Gasteiger charge is 2.31. The number of carbonyl (C=O) groups excluding carboxylic acids is 1. The van der Waals surface area contributed by atoms with Crippen LogP contribution in [0.5, 0.6) is 11.5 Å². The summed E-state index contributed by atoms with van der Waals surface area (Å²) in [4.78, 5) is 32.8. The quantitative estimate of drug-likeness (QED) is 0.652. The van der Waals surface area contributed by atoms with Crippen molar-refractivity contribution in [2.75, 3.05) is 19.0 Å². The molecule has 1 aliphatic rings. The summed E-state index contributed by atoms with van der Waals surface area (Å²) in [6.07, 6.45) is 1.03. The number of amides is 1. The zero-order valence-electron chi connectivity index (χ0n) is 16.9. The Bertz CT molecular complexity index is 1130. The van der Waals surface area contributed by atoms with Gasteiger partial charge in [0.05, 0.1) is 19.3 Å². The standard InChI is InChI=1S/C23H23N3O4/c1-3-11-30-17-10-9-15(12-18(17)29-2)16-13-19(27)24-22-20(16)23(28)26-21(25-22)14-7-5-4-6-8-14/h4-10,12,16H,3,11,13H2,1-2H3,(H2,24,25,26,27,28)/t16-/m0/s1. The molecule has 0 bridgehead atoms. The van der Waals surface area contributed by atoms with E-state index in [2.05, 4.69) is 15.3 Å². The maximum atomic E-state index is 13.0. The molecule has 0 unspecified atom stereocenters. The van der Waals surface area contributed by atoms with E-state index in [1.165, 1.54) is 0 Å². The number of rotatable bonds is 6. The lowest BCUT2D eigenvalue weighted by atomic mass is 9.86. The number of hydrogen-bond acceptors (Lipinski definition) is 5. The molecule has 1 aliphatic heterocycles. The van der Waals surface area contributed by atoms with E-state index in [0.717, 1.165) is 17.5 Å². The van der Waals surface area contributed by atoms with E-state index in [0.29, 0.717) is 35.3 Å². The average molecular weight is 405 g/mol.